The molecular weight excluding hydrogens is 317 g/mol. The predicted molar refractivity (Wildman–Crippen MR) is 84.9 cm³/mol. The number of halogens is 3. The molecular formula is C18H23F3N2O. The first-order valence-corrected chi connectivity index (χ1v) is 8.57. The van der Waals surface area contributed by atoms with Crippen LogP contribution in [-0.2, 0) is 17.5 Å². The van der Waals surface area contributed by atoms with Gasteiger partial charge in [0.1, 0.15) is 0 Å². The molecule has 0 spiro atoms. The number of alkyl halides is 3. The second-order valence-electron chi connectivity index (χ2n) is 7.02. The largest absolute Gasteiger partial charge is 0.416 e. The number of carbonyl (C=O) groups is 1. The molecule has 0 aliphatic heterocycles. The highest BCUT2D eigenvalue weighted by atomic mass is 19.4. The Kier molecular flexibility index (Phi) is 4.85. The predicted octanol–water partition coefficient (Wildman–Crippen LogP) is 3.71. The summed E-state index contributed by atoms with van der Waals surface area (Å²) in [7, 11) is 0. The summed E-state index contributed by atoms with van der Waals surface area (Å²) in [5, 5.41) is 0. The fraction of sp³-hybridized carbons (Fsp3) is 0.611. The van der Waals surface area contributed by atoms with Crippen molar-refractivity contribution in [3.05, 3.63) is 35.4 Å². The van der Waals surface area contributed by atoms with Crippen molar-refractivity contribution >= 4 is 5.91 Å². The molecule has 2 fully saturated rings. The van der Waals surface area contributed by atoms with Crippen molar-refractivity contribution < 1.29 is 18.0 Å². The lowest BCUT2D eigenvalue weighted by molar-refractivity contribution is -0.139. The highest BCUT2D eigenvalue weighted by Gasteiger charge is 2.37. The molecule has 2 atom stereocenters. The first-order valence-electron chi connectivity index (χ1n) is 8.57. The molecule has 0 radical (unpaired) electrons. The molecule has 0 heterocycles. The Morgan fingerprint density at radius 2 is 1.79 bits per heavy atom. The van der Waals surface area contributed by atoms with Crippen molar-refractivity contribution in [2.24, 2.45) is 11.7 Å². The second-order valence-corrected chi connectivity index (χ2v) is 7.02. The number of hydrogen-bond donors (Lipinski definition) is 1. The molecule has 0 saturated heterocycles. The van der Waals surface area contributed by atoms with Crippen molar-refractivity contribution in [1.82, 2.24) is 4.90 Å². The van der Waals surface area contributed by atoms with Crippen LogP contribution >= 0.6 is 0 Å². The molecule has 1 aromatic rings. The van der Waals surface area contributed by atoms with E-state index >= 15 is 0 Å². The second kappa shape index (κ2) is 6.75. The topological polar surface area (TPSA) is 46.3 Å². The van der Waals surface area contributed by atoms with Gasteiger partial charge in [0.25, 0.3) is 0 Å². The molecule has 1 amide bonds. The van der Waals surface area contributed by atoms with Gasteiger partial charge in [-0.3, -0.25) is 4.79 Å². The van der Waals surface area contributed by atoms with Gasteiger partial charge in [-0.25, -0.2) is 0 Å². The van der Waals surface area contributed by atoms with E-state index in [0.717, 1.165) is 56.2 Å². The van der Waals surface area contributed by atoms with E-state index in [1.165, 1.54) is 12.1 Å². The van der Waals surface area contributed by atoms with E-state index < -0.39 is 11.7 Å². The van der Waals surface area contributed by atoms with Gasteiger partial charge in [0.05, 0.1) is 5.56 Å². The molecule has 24 heavy (non-hydrogen) atoms. The molecule has 0 bridgehead atoms. The maximum absolute atomic E-state index is 12.8. The third-order valence-corrected chi connectivity index (χ3v) is 4.97. The van der Waals surface area contributed by atoms with E-state index in [1.807, 2.05) is 4.90 Å². The third-order valence-electron chi connectivity index (χ3n) is 4.97. The SMILES string of the molecule is NC1CCCC(C(=O)N(Cc2ccc(C(F)(F)F)cc2)C2CC2)C1. The highest BCUT2D eigenvalue weighted by Crippen LogP contribution is 2.34. The Morgan fingerprint density at radius 1 is 1.12 bits per heavy atom. The van der Waals surface area contributed by atoms with Crippen molar-refractivity contribution in [3.63, 3.8) is 0 Å². The van der Waals surface area contributed by atoms with Crippen LogP contribution in [-0.4, -0.2) is 22.9 Å². The molecule has 2 aliphatic rings. The Balaban J connectivity index is 1.69. The zero-order valence-corrected chi connectivity index (χ0v) is 13.6. The molecule has 2 N–H and O–H groups in total. The van der Waals surface area contributed by atoms with Crippen molar-refractivity contribution in [3.8, 4) is 0 Å². The Morgan fingerprint density at radius 3 is 2.33 bits per heavy atom. The molecule has 132 valence electrons. The third kappa shape index (κ3) is 4.09. The minimum Gasteiger partial charge on any atom is -0.335 e. The van der Waals surface area contributed by atoms with Gasteiger partial charge >= 0.3 is 6.18 Å². The van der Waals surface area contributed by atoms with Crippen LogP contribution < -0.4 is 5.73 Å². The maximum Gasteiger partial charge on any atom is 0.416 e. The Bertz CT molecular complexity index is 581. The molecule has 6 heteroatoms. The molecule has 2 unspecified atom stereocenters. The van der Waals surface area contributed by atoms with Crippen LogP contribution in [0, 0.1) is 5.92 Å². The quantitative estimate of drug-likeness (QED) is 0.908. The van der Waals surface area contributed by atoms with Crippen LogP contribution in [0.1, 0.15) is 49.7 Å². The van der Waals surface area contributed by atoms with Crippen LogP contribution in [0.15, 0.2) is 24.3 Å². The van der Waals surface area contributed by atoms with E-state index in [4.69, 9.17) is 5.73 Å². The molecule has 1 aromatic carbocycles. The van der Waals surface area contributed by atoms with Crippen molar-refractivity contribution in [2.45, 2.75) is 63.3 Å². The van der Waals surface area contributed by atoms with Gasteiger partial charge in [0.15, 0.2) is 0 Å². The fourth-order valence-corrected chi connectivity index (χ4v) is 3.46. The normalized spacial score (nSPS) is 24.7. The van der Waals surface area contributed by atoms with E-state index in [0.29, 0.717) is 6.54 Å². The molecule has 3 nitrogen and oxygen atoms in total. The average molecular weight is 340 g/mol. The number of rotatable bonds is 4. The van der Waals surface area contributed by atoms with Gasteiger partial charge in [-0.15, -0.1) is 0 Å². The minimum absolute atomic E-state index is 0.0381. The summed E-state index contributed by atoms with van der Waals surface area (Å²) >= 11 is 0. The van der Waals surface area contributed by atoms with Gasteiger partial charge in [-0.2, -0.15) is 13.2 Å². The number of amides is 1. The lowest BCUT2D eigenvalue weighted by Gasteiger charge is -2.31. The number of nitrogens with two attached hydrogens (primary N) is 1. The monoisotopic (exact) mass is 340 g/mol. The maximum atomic E-state index is 12.8. The molecule has 3 rings (SSSR count). The van der Waals surface area contributed by atoms with E-state index in [2.05, 4.69) is 0 Å². The smallest absolute Gasteiger partial charge is 0.335 e. The van der Waals surface area contributed by atoms with Gasteiger partial charge in [0, 0.05) is 24.5 Å². The van der Waals surface area contributed by atoms with Gasteiger partial charge in [-0.05, 0) is 49.8 Å². The lowest BCUT2D eigenvalue weighted by Crippen LogP contribution is -2.41. The molecule has 0 aromatic heterocycles. The number of hydrogen-bond acceptors (Lipinski definition) is 2. The molecule has 2 saturated carbocycles. The summed E-state index contributed by atoms with van der Waals surface area (Å²) in [6, 6.07) is 5.43. The summed E-state index contributed by atoms with van der Waals surface area (Å²) < 4.78 is 38.0. The fourth-order valence-electron chi connectivity index (χ4n) is 3.46. The van der Waals surface area contributed by atoms with Gasteiger partial charge in [-0.1, -0.05) is 18.6 Å². The lowest BCUT2D eigenvalue weighted by atomic mass is 9.85. The van der Waals surface area contributed by atoms with Crippen LogP contribution in [0.5, 0.6) is 0 Å². The van der Waals surface area contributed by atoms with Crippen LogP contribution in [0.2, 0.25) is 0 Å². The number of nitrogens with zero attached hydrogens (tertiary/aromatic N) is 1. The zero-order valence-electron chi connectivity index (χ0n) is 13.6. The summed E-state index contributed by atoms with van der Waals surface area (Å²) in [6.45, 7) is 0.382. The van der Waals surface area contributed by atoms with Crippen molar-refractivity contribution in [1.29, 1.82) is 0 Å². The first-order chi connectivity index (χ1) is 11.3. The van der Waals surface area contributed by atoms with Crippen LogP contribution in [0.25, 0.3) is 0 Å². The van der Waals surface area contributed by atoms with Crippen molar-refractivity contribution in [2.75, 3.05) is 0 Å². The minimum atomic E-state index is -4.33. The summed E-state index contributed by atoms with van der Waals surface area (Å²) in [6.07, 6.45) is 1.14. The van der Waals surface area contributed by atoms with E-state index in [-0.39, 0.29) is 23.9 Å². The Labute approximate surface area is 140 Å². The standard InChI is InChI=1S/C18H23F3N2O/c19-18(20,21)14-6-4-12(5-7-14)11-23(16-8-9-16)17(24)13-2-1-3-15(22)10-13/h4-7,13,15-16H,1-3,8-11,22H2. The van der Waals surface area contributed by atoms with E-state index in [9.17, 15) is 18.0 Å². The van der Waals surface area contributed by atoms with Crippen LogP contribution in [0.3, 0.4) is 0 Å². The number of benzene rings is 1. The molecule has 2 aliphatic carbocycles. The summed E-state index contributed by atoms with van der Waals surface area (Å²) in [4.78, 5) is 14.7. The van der Waals surface area contributed by atoms with Gasteiger partial charge < -0.3 is 10.6 Å². The number of carbonyl (C=O) groups excluding carboxylic acids is 1. The van der Waals surface area contributed by atoms with Gasteiger partial charge in [0.2, 0.25) is 5.91 Å². The zero-order chi connectivity index (χ0) is 17.3. The van der Waals surface area contributed by atoms with E-state index in [1.54, 1.807) is 0 Å². The van der Waals surface area contributed by atoms with Crippen LogP contribution in [0.4, 0.5) is 13.2 Å². The highest BCUT2D eigenvalue weighted by molar-refractivity contribution is 5.79. The average Bonchev–Trinajstić information content (AvgIpc) is 3.36. The summed E-state index contributed by atoms with van der Waals surface area (Å²) in [5.74, 6) is 0.0800. The summed E-state index contributed by atoms with van der Waals surface area (Å²) in [5.41, 5.74) is 6.07. The first kappa shape index (κ1) is 17.3. The Hall–Kier alpha value is -1.56.